The Kier molecular flexibility index (Phi) is 14.7. The van der Waals surface area contributed by atoms with E-state index >= 15 is 0 Å². The number of alkyl halides is 13. The summed E-state index contributed by atoms with van der Waals surface area (Å²) < 4.78 is 188. The van der Waals surface area contributed by atoms with Crippen LogP contribution in [0.2, 0.25) is 0 Å². The summed E-state index contributed by atoms with van der Waals surface area (Å²) in [5.74, 6) is -39.8. The van der Waals surface area contributed by atoms with E-state index in [1.165, 1.54) is 48.5 Å². The highest BCUT2D eigenvalue weighted by Crippen LogP contribution is 2.60. The number of ether oxygens (including phenoxy) is 3. The number of phenols is 1. The molecule has 0 aromatic heterocycles. The van der Waals surface area contributed by atoms with Crippen LogP contribution in [0.4, 0.5) is 62.8 Å². The molecule has 7 nitrogen and oxygen atoms in total. The Bertz CT molecular complexity index is 1850. The van der Waals surface area contributed by atoms with Gasteiger partial charge in [0, 0.05) is 17.8 Å². The van der Waals surface area contributed by atoms with E-state index in [1.807, 2.05) is 6.92 Å². The van der Waals surface area contributed by atoms with Gasteiger partial charge in [-0.2, -0.15) is 57.1 Å². The zero-order chi connectivity index (χ0) is 43.0. The van der Waals surface area contributed by atoms with E-state index in [2.05, 4.69) is 16.7 Å². The third-order valence-corrected chi connectivity index (χ3v) is 8.21. The summed E-state index contributed by atoms with van der Waals surface area (Å²) in [6.07, 6.45) is -4.36. The number of halogens is 13. The van der Waals surface area contributed by atoms with Gasteiger partial charge < -0.3 is 19.3 Å². The number of esters is 2. The first kappa shape index (κ1) is 46.3. The number of hydrogen-bond donors (Lipinski definition) is 1. The van der Waals surface area contributed by atoms with Crippen molar-refractivity contribution in [3.05, 3.63) is 83.4 Å². The van der Waals surface area contributed by atoms with Crippen LogP contribution in [0.3, 0.4) is 0 Å². The molecule has 0 aliphatic rings. The Morgan fingerprint density at radius 3 is 1.81 bits per heavy atom. The van der Waals surface area contributed by atoms with Crippen molar-refractivity contribution in [2.75, 3.05) is 6.61 Å². The molecule has 1 atom stereocenters. The maximum atomic E-state index is 14.0. The summed E-state index contributed by atoms with van der Waals surface area (Å²) in [7, 11) is 0. The largest absolute Gasteiger partial charge is 0.507 e. The molecular formula is C37H34F13NO6. The van der Waals surface area contributed by atoms with Crippen molar-refractivity contribution in [3.8, 4) is 17.2 Å². The highest BCUT2D eigenvalue weighted by molar-refractivity contribution is 5.92. The normalized spacial score (nSPS) is 13.7. The van der Waals surface area contributed by atoms with Crippen molar-refractivity contribution in [1.82, 2.24) is 0 Å². The molecular weight excluding hydrogens is 801 g/mol. The molecule has 0 saturated heterocycles. The maximum Gasteiger partial charge on any atom is 0.460 e. The number of phenolic OH excluding ortho intramolecular Hbond substituents is 1. The fourth-order valence-corrected chi connectivity index (χ4v) is 4.80. The summed E-state index contributed by atoms with van der Waals surface area (Å²) in [5.41, 5.74) is 0.525. The minimum Gasteiger partial charge on any atom is -0.507 e. The minimum absolute atomic E-state index is 0.0658. The molecule has 0 radical (unpaired) electrons. The molecule has 20 heteroatoms. The molecule has 3 aromatic carbocycles. The Hall–Kier alpha value is -5.04. The summed E-state index contributed by atoms with van der Waals surface area (Å²) >= 11 is 0. The van der Waals surface area contributed by atoms with E-state index in [4.69, 9.17) is 9.47 Å². The van der Waals surface area contributed by atoms with Crippen molar-refractivity contribution < 1.29 is 86.0 Å². The minimum atomic E-state index is -8.00. The lowest BCUT2D eigenvalue weighted by Gasteiger charge is -2.39. The second kappa shape index (κ2) is 18.0. The van der Waals surface area contributed by atoms with E-state index in [1.54, 1.807) is 0 Å². The number of nitrogens with zero attached hydrogens (tertiary/aromatic N) is 1. The van der Waals surface area contributed by atoms with Crippen LogP contribution in [-0.2, 0) is 4.74 Å². The SMILES string of the molecule is CCCCCCC(C)OC(=O)c1ccc(OC(=O)c2ccc(N=Cc3ccc(OCCC(F)(F)C(F)(F)C(F)(F)C(F)(F)C(F)(F)C(F)(F)F)cc3O)cc2)cc1. The average molecular weight is 836 g/mol. The topological polar surface area (TPSA) is 94.4 Å². The van der Waals surface area contributed by atoms with E-state index in [9.17, 15) is 71.8 Å². The maximum absolute atomic E-state index is 14.0. The third kappa shape index (κ3) is 10.7. The lowest BCUT2D eigenvalue weighted by atomic mass is 9.93. The summed E-state index contributed by atoms with van der Waals surface area (Å²) in [5, 5.41) is 10.2. The van der Waals surface area contributed by atoms with E-state index < -0.39 is 72.3 Å². The molecule has 1 N–H and O–H groups in total. The fraction of sp³-hybridized carbons (Fsp3) is 0.432. The van der Waals surface area contributed by atoms with Gasteiger partial charge in [-0.1, -0.05) is 26.2 Å². The van der Waals surface area contributed by atoms with Crippen molar-refractivity contribution in [2.45, 2.75) is 94.3 Å². The molecule has 0 aliphatic heterocycles. The molecule has 0 heterocycles. The molecule has 314 valence electrons. The monoisotopic (exact) mass is 835 g/mol. The van der Waals surface area contributed by atoms with Crippen molar-refractivity contribution in [2.24, 2.45) is 4.99 Å². The summed E-state index contributed by atoms with van der Waals surface area (Å²) in [6.45, 7) is 2.21. The van der Waals surface area contributed by atoms with Gasteiger partial charge in [0.25, 0.3) is 0 Å². The molecule has 0 aliphatic carbocycles. The number of hydrogen-bond acceptors (Lipinski definition) is 7. The zero-order valence-electron chi connectivity index (χ0n) is 29.8. The average Bonchev–Trinajstić information content (AvgIpc) is 3.12. The molecule has 57 heavy (non-hydrogen) atoms. The van der Waals surface area contributed by atoms with Gasteiger partial charge in [0.2, 0.25) is 0 Å². The Labute approximate surface area is 316 Å². The Morgan fingerprint density at radius 2 is 1.25 bits per heavy atom. The predicted molar refractivity (Wildman–Crippen MR) is 178 cm³/mol. The highest BCUT2D eigenvalue weighted by atomic mass is 19.4. The lowest BCUT2D eigenvalue weighted by Crippen LogP contribution is -2.70. The van der Waals surface area contributed by atoms with Crippen LogP contribution in [0.25, 0.3) is 0 Å². The van der Waals surface area contributed by atoms with E-state index in [0.717, 1.165) is 50.5 Å². The van der Waals surface area contributed by atoms with Crippen LogP contribution in [0.1, 0.15) is 78.7 Å². The summed E-state index contributed by atoms with van der Waals surface area (Å²) in [6, 6.07) is 13.8. The molecule has 0 bridgehead atoms. The molecule has 3 aromatic rings. The number of benzene rings is 3. The number of carbonyl (C=O) groups is 2. The van der Waals surface area contributed by atoms with Gasteiger partial charge in [-0.05, 0) is 80.4 Å². The van der Waals surface area contributed by atoms with Crippen LogP contribution in [0.5, 0.6) is 17.2 Å². The number of aliphatic imine (C=N–C) groups is 1. The third-order valence-electron chi connectivity index (χ3n) is 8.21. The Morgan fingerprint density at radius 1 is 0.702 bits per heavy atom. The first-order chi connectivity index (χ1) is 26.3. The van der Waals surface area contributed by atoms with Crippen LogP contribution in [-0.4, -0.2) is 71.8 Å². The van der Waals surface area contributed by atoms with Gasteiger partial charge in [-0.15, -0.1) is 0 Å². The first-order valence-corrected chi connectivity index (χ1v) is 16.9. The number of aromatic hydroxyl groups is 1. The van der Waals surface area contributed by atoms with Gasteiger partial charge in [0.1, 0.15) is 17.2 Å². The van der Waals surface area contributed by atoms with Crippen molar-refractivity contribution >= 4 is 23.8 Å². The molecule has 0 fully saturated rings. The number of carbonyl (C=O) groups excluding carboxylic acids is 2. The Balaban J connectivity index is 1.56. The van der Waals surface area contributed by atoms with Crippen molar-refractivity contribution in [3.63, 3.8) is 0 Å². The van der Waals surface area contributed by atoms with Gasteiger partial charge in [-0.25, -0.2) is 9.59 Å². The number of rotatable bonds is 19. The van der Waals surface area contributed by atoms with Gasteiger partial charge in [0.15, 0.2) is 0 Å². The van der Waals surface area contributed by atoms with Gasteiger partial charge in [0.05, 0.1) is 35.9 Å². The fourth-order valence-electron chi connectivity index (χ4n) is 4.80. The van der Waals surface area contributed by atoms with Crippen LogP contribution in [0, 0.1) is 0 Å². The van der Waals surface area contributed by atoms with E-state index in [0.29, 0.717) is 6.07 Å². The molecule has 0 spiro atoms. The molecule has 0 amide bonds. The van der Waals surface area contributed by atoms with Crippen molar-refractivity contribution in [1.29, 1.82) is 0 Å². The summed E-state index contributed by atoms with van der Waals surface area (Å²) in [4.78, 5) is 29.1. The lowest BCUT2D eigenvalue weighted by molar-refractivity contribution is -0.440. The van der Waals surface area contributed by atoms with Gasteiger partial charge in [-0.3, -0.25) is 4.99 Å². The predicted octanol–water partition coefficient (Wildman–Crippen LogP) is 11.4. The standard InChI is InChI=1S/C37H34F13NO6/c1-3-4-5-6-7-22(2)56-30(53)24-10-15-27(16-11-24)57-31(54)23-8-13-26(14-9-23)51-21-25-12-17-28(20-29(25)52)55-19-18-32(38,39)33(40,41)34(42,43)35(44,45)36(46,47)37(48,49)50/h8-17,20-22,52H,3-7,18-19H2,1-2H3. The highest BCUT2D eigenvalue weighted by Gasteiger charge is 2.90. The second-order valence-corrected chi connectivity index (χ2v) is 12.6. The quantitative estimate of drug-likeness (QED) is 0.0425. The van der Waals surface area contributed by atoms with Crippen LogP contribution < -0.4 is 9.47 Å². The van der Waals surface area contributed by atoms with Crippen LogP contribution in [0.15, 0.2) is 71.7 Å². The van der Waals surface area contributed by atoms with E-state index in [-0.39, 0.29) is 34.2 Å². The molecule has 0 saturated carbocycles. The van der Waals surface area contributed by atoms with Crippen LogP contribution >= 0.6 is 0 Å². The molecule has 3 rings (SSSR count). The smallest absolute Gasteiger partial charge is 0.460 e. The first-order valence-electron chi connectivity index (χ1n) is 16.9. The van der Waals surface area contributed by atoms with Gasteiger partial charge >= 0.3 is 47.7 Å². The zero-order valence-corrected chi connectivity index (χ0v) is 29.8. The second-order valence-electron chi connectivity index (χ2n) is 12.6. The molecule has 1 unspecified atom stereocenters. The number of unbranched alkanes of at least 4 members (excludes halogenated alkanes) is 3.